The molecule has 0 bridgehead atoms. The van der Waals surface area contributed by atoms with E-state index in [9.17, 15) is 4.79 Å². The number of carbonyl (C=O) groups is 1. The third-order valence-corrected chi connectivity index (χ3v) is 5.91. The van der Waals surface area contributed by atoms with E-state index in [4.69, 9.17) is 23.2 Å². The number of anilines is 1. The number of benzene rings is 2. The lowest BCUT2D eigenvalue weighted by atomic mass is 10.1. The molecular weight excluding hydrogens is 433 g/mol. The molecule has 0 spiro atoms. The fourth-order valence-corrected chi connectivity index (χ4v) is 3.66. The highest BCUT2D eigenvalue weighted by Crippen LogP contribution is 2.21. The van der Waals surface area contributed by atoms with Crippen molar-refractivity contribution in [2.45, 2.75) is 26.9 Å². The van der Waals surface area contributed by atoms with Gasteiger partial charge in [0, 0.05) is 16.8 Å². The molecule has 1 amide bonds. The topological polar surface area (TPSA) is 64.7 Å². The minimum atomic E-state index is -0.203. The Bertz CT molecular complexity index is 1240. The highest BCUT2D eigenvalue weighted by atomic mass is 35.5. The summed E-state index contributed by atoms with van der Waals surface area (Å²) in [5.41, 5.74) is 4.80. The first-order chi connectivity index (χ1) is 14.9. The summed E-state index contributed by atoms with van der Waals surface area (Å²) < 4.78 is 3.58. The molecule has 0 aliphatic carbocycles. The second-order valence-corrected chi connectivity index (χ2v) is 8.10. The Hall–Kier alpha value is -3.09. The maximum atomic E-state index is 12.8. The van der Waals surface area contributed by atoms with E-state index < -0.39 is 0 Å². The molecule has 158 valence electrons. The Morgan fingerprint density at radius 3 is 2.61 bits per heavy atom. The molecule has 31 heavy (non-hydrogen) atoms. The average Bonchev–Trinajstić information content (AvgIpc) is 3.29. The van der Waals surface area contributed by atoms with Crippen LogP contribution in [0.4, 0.5) is 5.69 Å². The predicted octanol–water partition coefficient (Wildman–Crippen LogP) is 5.35. The Kier molecular flexibility index (Phi) is 6.11. The maximum Gasteiger partial charge on any atom is 0.255 e. The van der Waals surface area contributed by atoms with E-state index in [1.54, 1.807) is 23.1 Å². The summed E-state index contributed by atoms with van der Waals surface area (Å²) in [7, 11) is 0. The summed E-state index contributed by atoms with van der Waals surface area (Å²) in [6, 6.07) is 15.1. The standard InChI is InChI=1S/C23H21Cl2N5O/c1-15-22(25)16(2)30(28-15)12-17-6-5-8-18(10-17)23(31)27-20-11-26-29(14-20)13-19-7-3-4-9-21(19)24/h3-11,14H,12-13H2,1-2H3,(H,27,31). The van der Waals surface area contributed by atoms with Crippen LogP contribution in [0.3, 0.4) is 0 Å². The lowest BCUT2D eigenvalue weighted by molar-refractivity contribution is 0.102. The Morgan fingerprint density at radius 1 is 1.06 bits per heavy atom. The van der Waals surface area contributed by atoms with Gasteiger partial charge < -0.3 is 5.32 Å². The summed E-state index contributed by atoms with van der Waals surface area (Å²) in [6.45, 7) is 4.87. The molecule has 0 aliphatic rings. The van der Waals surface area contributed by atoms with E-state index in [1.165, 1.54) is 0 Å². The summed E-state index contributed by atoms with van der Waals surface area (Å²) >= 11 is 12.4. The third kappa shape index (κ3) is 4.81. The molecule has 0 aliphatic heterocycles. The van der Waals surface area contributed by atoms with Gasteiger partial charge in [0.25, 0.3) is 5.91 Å². The van der Waals surface area contributed by atoms with Crippen molar-refractivity contribution < 1.29 is 4.79 Å². The molecule has 0 unspecified atom stereocenters. The van der Waals surface area contributed by atoms with Gasteiger partial charge in [-0.1, -0.05) is 53.5 Å². The Balaban J connectivity index is 1.44. The largest absolute Gasteiger partial charge is 0.319 e. The lowest BCUT2D eigenvalue weighted by Gasteiger charge is -2.08. The van der Waals surface area contributed by atoms with Crippen LogP contribution in [0.25, 0.3) is 0 Å². The van der Waals surface area contributed by atoms with Crippen LogP contribution >= 0.6 is 23.2 Å². The normalized spacial score (nSPS) is 11.0. The van der Waals surface area contributed by atoms with Gasteiger partial charge in [-0.3, -0.25) is 14.2 Å². The first-order valence-electron chi connectivity index (χ1n) is 9.76. The van der Waals surface area contributed by atoms with Gasteiger partial charge in [0.2, 0.25) is 0 Å². The van der Waals surface area contributed by atoms with Crippen LogP contribution in [0.5, 0.6) is 0 Å². The zero-order valence-electron chi connectivity index (χ0n) is 17.1. The molecule has 2 aromatic carbocycles. The quantitative estimate of drug-likeness (QED) is 0.427. The van der Waals surface area contributed by atoms with Crippen LogP contribution < -0.4 is 5.32 Å². The van der Waals surface area contributed by atoms with E-state index in [1.807, 2.05) is 61.0 Å². The number of nitrogens with one attached hydrogen (secondary N) is 1. The molecule has 2 heterocycles. The molecule has 6 nitrogen and oxygen atoms in total. The molecule has 4 rings (SSSR count). The van der Waals surface area contributed by atoms with Crippen LogP contribution in [0.2, 0.25) is 10.0 Å². The minimum Gasteiger partial charge on any atom is -0.319 e. The zero-order valence-corrected chi connectivity index (χ0v) is 18.7. The molecule has 0 saturated carbocycles. The fourth-order valence-electron chi connectivity index (χ4n) is 3.33. The smallest absolute Gasteiger partial charge is 0.255 e. The Morgan fingerprint density at radius 2 is 1.87 bits per heavy atom. The highest BCUT2D eigenvalue weighted by Gasteiger charge is 2.12. The maximum absolute atomic E-state index is 12.8. The first-order valence-corrected chi connectivity index (χ1v) is 10.5. The average molecular weight is 454 g/mol. The van der Waals surface area contributed by atoms with E-state index in [-0.39, 0.29) is 5.91 Å². The number of aromatic nitrogens is 4. The molecular formula is C23H21Cl2N5O. The molecule has 1 N–H and O–H groups in total. The molecule has 0 fully saturated rings. The van der Waals surface area contributed by atoms with E-state index in [2.05, 4.69) is 15.5 Å². The highest BCUT2D eigenvalue weighted by molar-refractivity contribution is 6.32. The SMILES string of the molecule is Cc1nn(Cc2cccc(C(=O)Nc3cnn(Cc4ccccc4Cl)c3)c2)c(C)c1Cl. The lowest BCUT2D eigenvalue weighted by Crippen LogP contribution is -2.12. The van der Waals surface area contributed by atoms with Crippen LogP contribution in [0.1, 0.15) is 32.9 Å². The number of rotatable bonds is 6. The summed E-state index contributed by atoms with van der Waals surface area (Å²) in [5, 5.41) is 13.0. The summed E-state index contributed by atoms with van der Waals surface area (Å²) in [5.74, 6) is -0.203. The number of aryl methyl sites for hydroxylation is 1. The monoisotopic (exact) mass is 453 g/mol. The van der Waals surface area contributed by atoms with Crippen molar-refractivity contribution in [2.24, 2.45) is 0 Å². The van der Waals surface area contributed by atoms with Crippen molar-refractivity contribution in [2.75, 3.05) is 5.32 Å². The molecule has 4 aromatic rings. The number of amides is 1. The van der Waals surface area contributed by atoms with Gasteiger partial charge in [-0.05, 0) is 43.2 Å². The van der Waals surface area contributed by atoms with Gasteiger partial charge in [-0.15, -0.1) is 0 Å². The van der Waals surface area contributed by atoms with Crippen molar-refractivity contribution in [3.63, 3.8) is 0 Å². The molecule has 2 aromatic heterocycles. The minimum absolute atomic E-state index is 0.203. The van der Waals surface area contributed by atoms with Crippen LogP contribution in [0.15, 0.2) is 60.9 Å². The van der Waals surface area contributed by atoms with Crippen LogP contribution in [0, 0.1) is 13.8 Å². The Labute approximate surface area is 190 Å². The van der Waals surface area contributed by atoms with Crippen LogP contribution in [-0.4, -0.2) is 25.5 Å². The van der Waals surface area contributed by atoms with Gasteiger partial charge in [0.1, 0.15) is 0 Å². The van der Waals surface area contributed by atoms with Gasteiger partial charge >= 0.3 is 0 Å². The van der Waals surface area contributed by atoms with Crippen molar-refractivity contribution in [3.8, 4) is 0 Å². The van der Waals surface area contributed by atoms with Crippen molar-refractivity contribution in [1.29, 1.82) is 0 Å². The molecule has 0 radical (unpaired) electrons. The van der Waals surface area contributed by atoms with E-state index >= 15 is 0 Å². The first kappa shape index (κ1) is 21.2. The number of nitrogens with zero attached hydrogens (tertiary/aromatic N) is 4. The molecule has 0 saturated heterocycles. The van der Waals surface area contributed by atoms with Crippen molar-refractivity contribution in [3.05, 3.63) is 99.0 Å². The van der Waals surface area contributed by atoms with Gasteiger partial charge in [0.05, 0.1) is 41.4 Å². The van der Waals surface area contributed by atoms with E-state index in [0.29, 0.717) is 34.4 Å². The summed E-state index contributed by atoms with van der Waals surface area (Å²) in [6.07, 6.45) is 3.40. The molecule has 0 atom stereocenters. The van der Waals surface area contributed by atoms with Crippen molar-refractivity contribution >= 4 is 34.8 Å². The zero-order chi connectivity index (χ0) is 22.0. The third-order valence-electron chi connectivity index (χ3n) is 5.00. The number of halogens is 2. The number of hydrogen-bond acceptors (Lipinski definition) is 3. The number of carbonyl (C=O) groups excluding carboxylic acids is 1. The van der Waals surface area contributed by atoms with Crippen LogP contribution in [-0.2, 0) is 13.1 Å². The second kappa shape index (κ2) is 8.96. The van der Waals surface area contributed by atoms with Gasteiger partial charge in [-0.2, -0.15) is 10.2 Å². The second-order valence-electron chi connectivity index (χ2n) is 7.31. The summed E-state index contributed by atoms with van der Waals surface area (Å²) in [4.78, 5) is 12.8. The van der Waals surface area contributed by atoms with Gasteiger partial charge in [-0.25, -0.2) is 0 Å². The van der Waals surface area contributed by atoms with E-state index in [0.717, 1.165) is 22.5 Å². The molecule has 8 heteroatoms. The van der Waals surface area contributed by atoms with Crippen molar-refractivity contribution in [1.82, 2.24) is 19.6 Å². The predicted molar refractivity (Wildman–Crippen MR) is 123 cm³/mol. The van der Waals surface area contributed by atoms with Gasteiger partial charge in [0.15, 0.2) is 0 Å². The fraction of sp³-hybridized carbons (Fsp3) is 0.174. The number of hydrogen-bond donors (Lipinski definition) is 1.